The fourth-order valence-corrected chi connectivity index (χ4v) is 3.66. The quantitative estimate of drug-likeness (QED) is 0.857. The first-order chi connectivity index (χ1) is 12.2. The largest absolute Gasteiger partial charge is 0.366 e. The van der Waals surface area contributed by atoms with Gasteiger partial charge in [0.1, 0.15) is 6.10 Å². The molecular formula is C19H23N3O3. The van der Waals surface area contributed by atoms with Crippen LogP contribution in [0.25, 0.3) is 0 Å². The van der Waals surface area contributed by atoms with Gasteiger partial charge in [-0.05, 0) is 42.4 Å². The number of ether oxygens (including phenoxy) is 1. The number of carbonyl (C=O) groups is 1. The minimum absolute atomic E-state index is 0.129. The predicted molar refractivity (Wildman–Crippen MR) is 91.1 cm³/mol. The third kappa shape index (κ3) is 3.58. The van der Waals surface area contributed by atoms with Gasteiger partial charge in [-0.2, -0.15) is 4.98 Å². The average molecular weight is 341 g/mol. The van der Waals surface area contributed by atoms with E-state index in [4.69, 9.17) is 9.26 Å². The van der Waals surface area contributed by atoms with Gasteiger partial charge in [0.05, 0.1) is 19.6 Å². The van der Waals surface area contributed by atoms with Gasteiger partial charge in [0, 0.05) is 13.5 Å². The van der Waals surface area contributed by atoms with E-state index in [1.54, 1.807) is 6.92 Å². The molecule has 0 N–H and O–H groups in total. The lowest BCUT2D eigenvalue weighted by atomic mass is 9.90. The number of amides is 1. The summed E-state index contributed by atoms with van der Waals surface area (Å²) in [4.78, 5) is 18.8. The molecule has 1 atom stereocenters. The van der Waals surface area contributed by atoms with Crippen LogP contribution in [0.3, 0.4) is 0 Å². The summed E-state index contributed by atoms with van der Waals surface area (Å²) >= 11 is 0. The highest BCUT2D eigenvalue weighted by Crippen LogP contribution is 2.24. The van der Waals surface area contributed by atoms with Gasteiger partial charge in [0.2, 0.25) is 17.6 Å². The number of fused-ring (bicyclic) bond motifs is 1. The van der Waals surface area contributed by atoms with Gasteiger partial charge in [-0.15, -0.1) is 0 Å². The van der Waals surface area contributed by atoms with E-state index in [9.17, 15) is 4.79 Å². The first-order valence-corrected chi connectivity index (χ1v) is 8.99. The van der Waals surface area contributed by atoms with Gasteiger partial charge in [0.25, 0.3) is 0 Å². The molecule has 25 heavy (non-hydrogen) atoms. The molecule has 1 aliphatic heterocycles. The standard InChI is InChI=1S/C19H23N3O3/c1-13-20-19(21-25-13)17-12-22(8-9-24-17)18(23)11-14-6-7-15-4-2-3-5-16(15)10-14/h6-7,10,17H,2-5,8-9,11-12H2,1H3/t17-/m1/s1. The predicted octanol–water partition coefficient (Wildman–Crippen LogP) is 2.40. The molecule has 6 nitrogen and oxygen atoms in total. The SMILES string of the molecule is Cc1nc([C@H]2CN(C(=O)Cc3ccc4c(c3)CCCC4)CCO2)no1. The Hall–Kier alpha value is -2.21. The topological polar surface area (TPSA) is 68.5 Å². The maximum absolute atomic E-state index is 12.7. The molecule has 0 spiro atoms. The number of hydrogen-bond donors (Lipinski definition) is 0. The molecule has 0 radical (unpaired) electrons. The van der Waals surface area contributed by atoms with Crippen molar-refractivity contribution >= 4 is 5.91 Å². The lowest BCUT2D eigenvalue weighted by Gasteiger charge is -2.31. The lowest BCUT2D eigenvalue weighted by Crippen LogP contribution is -2.43. The second-order valence-corrected chi connectivity index (χ2v) is 6.86. The molecule has 0 saturated carbocycles. The molecule has 2 aromatic rings. The molecule has 1 aromatic carbocycles. The molecule has 1 amide bonds. The Morgan fingerprint density at radius 1 is 1.28 bits per heavy atom. The molecular weight excluding hydrogens is 318 g/mol. The summed E-state index contributed by atoms with van der Waals surface area (Å²) in [7, 11) is 0. The molecule has 4 rings (SSSR count). The van der Waals surface area contributed by atoms with Crippen molar-refractivity contribution in [1.82, 2.24) is 15.0 Å². The Labute approximate surface area is 147 Å². The van der Waals surface area contributed by atoms with Gasteiger partial charge in [-0.25, -0.2) is 0 Å². The molecule has 2 heterocycles. The van der Waals surface area contributed by atoms with Crippen LogP contribution in [0.2, 0.25) is 0 Å². The maximum Gasteiger partial charge on any atom is 0.227 e. The minimum Gasteiger partial charge on any atom is -0.366 e. The smallest absolute Gasteiger partial charge is 0.227 e. The average Bonchev–Trinajstić information content (AvgIpc) is 3.08. The van der Waals surface area contributed by atoms with Crippen LogP contribution in [0.4, 0.5) is 0 Å². The van der Waals surface area contributed by atoms with Crippen LogP contribution >= 0.6 is 0 Å². The van der Waals surface area contributed by atoms with Gasteiger partial charge >= 0.3 is 0 Å². The Morgan fingerprint density at radius 3 is 2.92 bits per heavy atom. The van der Waals surface area contributed by atoms with Crippen LogP contribution in [0.15, 0.2) is 22.7 Å². The number of rotatable bonds is 3. The number of benzene rings is 1. The Morgan fingerprint density at radius 2 is 2.12 bits per heavy atom. The van der Waals surface area contributed by atoms with Crippen molar-refractivity contribution in [3.8, 4) is 0 Å². The van der Waals surface area contributed by atoms with E-state index in [2.05, 4.69) is 28.3 Å². The number of hydrogen-bond acceptors (Lipinski definition) is 5. The van der Waals surface area contributed by atoms with Crippen molar-refractivity contribution in [3.63, 3.8) is 0 Å². The van der Waals surface area contributed by atoms with Crippen molar-refractivity contribution in [3.05, 3.63) is 46.6 Å². The van der Waals surface area contributed by atoms with Crippen molar-refractivity contribution in [2.24, 2.45) is 0 Å². The zero-order valence-corrected chi connectivity index (χ0v) is 14.5. The molecule has 1 aliphatic carbocycles. The minimum atomic E-state index is -0.307. The van der Waals surface area contributed by atoms with E-state index in [-0.39, 0.29) is 12.0 Å². The van der Waals surface area contributed by atoms with E-state index in [0.717, 1.165) is 12.0 Å². The summed E-state index contributed by atoms with van der Waals surface area (Å²) < 4.78 is 10.7. The molecule has 1 aromatic heterocycles. The van der Waals surface area contributed by atoms with E-state index < -0.39 is 0 Å². The highest BCUT2D eigenvalue weighted by Gasteiger charge is 2.28. The fourth-order valence-electron chi connectivity index (χ4n) is 3.66. The fraction of sp³-hybridized carbons (Fsp3) is 0.526. The molecule has 0 unspecified atom stereocenters. The first-order valence-electron chi connectivity index (χ1n) is 8.99. The number of aryl methyl sites for hydroxylation is 3. The van der Waals surface area contributed by atoms with E-state index >= 15 is 0 Å². The number of aromatic nitrogens is 2. The van der Waals surface area contributed by atoms with Gasteiger partial charge < -0.3 is 14.2 Å². The van der Waals surface area contributed by atoms with Crippen LogP contribution in [0.1, 0.15) is 47.4 Å². The van der Waals surface area contributed by atoms with Crippen LogP contribution in [0, 0.1) is 6.92 Å². The molecule has 0 bridgehead atoms. The summed E-state index contributed by atoms with van der Waals surface area (Å²) in [5, 5.41) is 3.92. The Bertz CT molecular complexity index is 771. The van der Waals surface area contributed by atoms with E-state index in [1.807, 2.05) is 4.90 Å². The van der Waals surface area contributed by atoms with Crippen molar-refractivity contribution in [2.45, 2.75) is 45.1 Å². The van der Waals surface area contributed by atoms with Crippen LogP contribution in [-0.4, -0.2) is 40.6 Å². The highest BCUT2D eigenvalue weighted by atomic mass is 16.5. The van der Waals surface area contributed by atoms with Gasteiger partial charge in [0.15, 0.2) is 0 Å². The number of morpholine rings is 1. The zero-order valence-electron chi connectivity index (χ0n) is 14.5. The van der Waals surface area contributed by atoms with Crippen molar-refractivity contribution in [1.29, 1.82) is 0 Å². The summed E-state index contributed by atoms with van der Waals surface area (Å²) in [5.74, 6) is 1.16. The van der Waals surface area contributed by atoms with Gasteiger partial charge in [-0.3, -0.25) is 4.79 Å². The maximum atomic E-state index is 12.7. The molecule has 6 heteroatoms. The third-order valence-electron chi connectivity index (χ3n) is 5.02. The van der Waals surface area contributed by atoms with E-state index in [0.29, 0.717) is 37.8 Å². The lowest BCUT2D eigenvalue weighted by molar-refractivity contribution is -0.138. The Balaban J connectivity index is 1.42. The molecule has 132 valence electrons. The second kappa shape index (κ2) is 6.96. The Kier molecular flexibility index (Phi) is 4.53. The zero-order chi connectivity index (χ0) is 17.2. The summed E-state index contributed by atoms with van der Waals surface area (Å²) in [6.07, 6.45) is 4.95. The van der Waals surface area contributed by atoms with Gasteiger partial charge in [-0.1, -0.05) is 23.4 Å². The normalized spacial score (nSPS) is 20.4. The summed E-state index contributed by atoms with van der Waals surface area (Å²) in [6, 6.07) is 6.51. The van der Waals surface area contributed by atoms with Crippen LogP contribution < -0.4 is 0 Å². The summed E-state index contributed by atoms with van der Waals surface area (Å²) in [5.41, 5.74) is 3.96. The van der Waals surface area contributed by atoms with E-state index in [1.165, 1.54) is 30.4 Å². The highest BCUT2D eigenvalue weighted by molar-refractivity contribution is 5.79. The van der Waals surface area contributed by atoms with Crippen LogP contribution in [0.5, 0.6) is 0 Å². The molecule has 1 fully saturated rings. The second-order valence-electron chi connectivity index (χ2n) is 6.86. The number of nitrogens with zero attached hydrogens (tertiary/aromatic N) is 3. The summed E-state index contributed by atoms with van der Waals surface area (Å²) in [6.45, 7) is 3.33. The number of carbonyl (C=O) groups excluding carboxylic acids is 1. The third-order valence-corrected chi connectivity index (χ3v) is 5.02. The monoisotopic (exact) mass is 341 g/mol. The first kappa shape index (κ1) is 16.3. The van der Waals surface area contributed by atoms with Crippen LogP contribution in [-0.2, 0) is 28.8 Å². The molecule has 2 aliphatic rings. The molecule has 1 saturated heterocycles. The van der Waals surface area contributed by atoms with Crippen molar-refractivity contribution < 1.29 is 14.1 Å². The van der Waals surface area contributed by atoms with Crippen molar-refractivity contribution in [2.75, 3.05) is 19.7 Å².